The number of rotatable bonds is 3. The van der Waals surface area contributed by atoms with Gasteiger partial charge in [-0.2, -0.15) is 5.10 Å². The van der Waals surface area contributed by atoms with Gasteiger partial charge in [0.2, 0.25) is 5.91 Å². The van der Waals surface area contributed by atoms with E-state index in [1.54, 1.807) is 9.58 Å². The van der Waals surface area contributed by atoms with Crippen molar-refractivity contribution in [3.63, 3.8) is 0 Å². The fourth-order valence-corrected chi connectivity index (χ4v) is 1.59. The highest BCUT2D eigenvalue weighted by Gasteiger charge is 2.32. The summed E-state index contributed by atoms with van der Waals surface area (Å²) in [5.74, 6) is 0.0638. The van der Waals surface area contributed by atoms with Crippen LogP contribution in [0.1, 0.15) is 5.56 Å². The van der Waals surface area contributed by atoms with Gasteiger partial charge < -0.3 is 10.6 Å². The Labute approximate surface area is 82.5 Å². The maximum Gasteiger partial charge on any atom is 0.241 e. The minimum atomic E-state index is -0.260. The molecule has 5 nitrogen and oxygen atoms in total. The zero-order valence-corrected chi connectivity index (χ0v) is 8.18. The summed E-state index contributed by atoms with van der Waals surface area (Å²) in [5.41, 5.74) is 6.63. The van der Waals surface area contributed by atoms with Crippen LogP contribution in [0.3, 0.4) is 0 Å². The van der Waals surface area contributed by atoms with E-state index in [9.17, 15) is 4.79 Å². The summed E-state index contributed by atoms with van der Waals surface area (Å²) in [6.45, 7) is 1.44. The molecule has 2 rings (SSSR count). The van der Waals surface area contributed by atoms with Crippen LogP contribution in [0.25, 0.3) is 0 Å². The molecule has 0 aliphatic carbocycles. The molecule has 14 heavy (non-hydrogen) atoms. The predicted molar refractivity (Wildman–Crippen MR) is 51.5 cm³/mol. The zero-order chi connectivity index (χ0) is 10.1. The molecule has 1 fully saturated rings. The first-order valence-electron chi connectivity index (χ1n) is 4.68. The lowest BCUT2D eigenvalue weighted by atomic mass is 10.1. The SMILES string of the molecule is Cn1cc(CCN2CC(N)C2=O)cn1. The molecule has 1 aliphatic rings. The van der Waals surface area contributed by atoms with Crippen molar-refractivity contribution in [3.05, 3.63) is 18.0 Å². The van der Waals surface area contributed by atoms with E-state index < -0.39 is 0 Å². The molecular weight excluding hydrogens is 180 g/mol. The van der Waals surface area contributed by atoms with E-state index in [0.717, 1.165) is 18.5 Å². The van der Waals surface area contributed by atoms with Gasteiger partial charge in [-0.3, -0.25) is 9.48 Å². The number of aryl methyl sites for hydroxylation is 1. The Kier molecular flexibility index (Phi) is 2.25. The molecule has 0 spiro atoms. The first kappa shape index (κ1) is 9.21. The lowest BCUT2D eigenvalue weighted by Gasteiger charge is -2.36. The van der Waals surface area contributed by atoms with E-state index in [1.807, 2.05) is 19.4 Å². The number of nitrogens with two attached hydrogens (primary N) is 1. The highest BCUT2D eigenvalue weighted by Crippen LogP contribution is 2.09. The van der Waals surface area contributed by atoms with Gasteiger partial charge in [-0.15, -0.1) is 0 Å². The number of carbonyl (C=O) groups excluding carboxylic acids is 1. The third-order valence-corrected chi connectivity index (χ3v) is 2.47. The molecule has 5 heteroatoms. The van der Waals surface area contributed by atoms with Crippen LogP contribution in [0.2, 0.25) is 0 Å². The Morgan fingerprint density at radius 1 is 1.71 bits per heavy atom. The number of likely N-dealkylation sites (tertiary alicyclic amines) is 1. The fourth-order valence-electron chi connectivity index (χ4n) is 1.59. The van der Waals surface area contributed by atoms with Gasteiger partial charge in [-0.25, -0.2) is 0 Å². The number of nitrogens with zero attached hydrogens (tertiary/aromatic N) is 3. The van der Waals surface area contributed by atoms with Crippen LogP contribution in [0.5, 0.6) is 0 Å². The maximum absolute atomic E-state index is 11.2. The smallest absolute Gasteiger partial charge is 0.241 e. The van der Waals surface area contributed by atoms with E-state index in [2.05, 4.69) is 5.10 Å². The van der Waals surface area contributed by atoms with Crippen molar-refractivity contribution >= 4 is 5.91 Å². The Hall–Kier alpha value is -1.36. The minimum absolute atomic E-state index is 0.0638. The largest absolute Gasteiger partial charge is 0.339 e. The second-order valence-corrected chi connectivity index (χ2v) is 3.66. The van der Waals surface area contributed by atoms with Crippen molar-refractivity contribution < 1.29 is 4.79 Å². The van der Waals surface area contributed by atoms with Crippen molar-refractivity contribution in [1.29, 1.82) is 0 Å². The second kappa shape index (κ2) is 3.42. The summed E-state index contributed by atoms with van der Waals surface area (Å²) in [7, 11) is 1.88. The molecule has 0 aromatic carbocycles. The Balaban J connectivity index is 1.81. The number of β-lactam (4-membered cyclic amide) rings is 1. The van der Waals surface area contributed by atoms with Crippen LogP contribution in [-0.2, 0) is 18.3 Å². The summed E-state index contributed by atoms with van der Waals surface area (Å²) < 4.78 is 1.76. The normalized spacial score (nSPS) is 21.1. The molecule has 1 aromatic heterocycles. The molecule has 1 amide bonds. The van der Waals surface area contributed by atoms with E-state index >= 15 is 0 Å². The van der Waals surface area contributed by atoms with E-state index in [4.69, 9.17) is 5.73 Å². The summed E-state index contributed by atoms with van der Waals surface area (Å²) in [6, 6.07) is -0.260. The van der Waals surface area contributed by atoms with Gasteiger partial charge in [0.15, 0.2) is 0 Å². The molecule has 1 saturated heterocycles. The topological polar surface area (TPSA) is 64.2 Å². The van der Waals surface area contributed by atoms with Crippen molar-refractivity contribution in [3.8, 4) is 0 Å². The summed E-state index contributed by atoms with van der Waals surface area (Å²) in [5, 5.41) is 4.06. The minimum Gasteiger partial charge on any atom is -0.339 e. The number of hydrogen-bond acceptors (Lipinski definition) is 3. The van der Waals surface area contributed by atoms with Gasteiger partial charge in [0.05, 0.1) is 6.20 Å². The molecular formula is C9H14N4O. The summed E-state index contributed by atoms with van der Waals surface area (Å²) >= 11 is 0. The van der Waals surface area contributed by atoms with Gasteiger partial charge in [-0.05, 0) is 12.0 Å². The third kappa shape index (κ3) is 1.63. The summed E-state index contributed by atoms with van der Waals surface area (Å²) in [6.07, 6.45) is 4.64. The molecule has 1 aromatic rings. The molecule has 2 N–H and O–H groups in total. The predicted octanol–water partition coefficient (Wildman–Crippen LogP) is -0.868. The molecule has 1 atom stereocenters. The van der Waals surface area contributed by atoms with Gasteiger partial charge in [0, 0.05) is 26.3 Å². The Morgan fingerprint density at radius 2 is 2.50 bits per heavy atom. The van der Waals surface area contributed by atoms with Crippen molar-refractivity contribution in [2.24, 2.45) is 12.8 Å². The molecule has 0 saturated carbocycles. The lowest BCUT2D eigenvalue weighted by Crippen LogP contribution is -2.61. The fraction of sp³-hybridized carbons (Fsp3) is 0.556. The average molecular weight is 194 g/mol. The third-order valence-electron chi connectivity index (χ3n) is 2.47. The molecule has 2 heterocycles. The van der Waals surface area contributed by atoms with Crippen LogP contribution in [0, 0.1) is 0 Å². The van der Waals surface area contributed by atoms with Crippen LogP contribution >= 0.6 is 0 Å². The van der Waals surface area contributed by atoms with E-state index in [-0.39, 0.29) is 11.9 Å². The lowest BCUT2D eigenvalue weighted by molar-refractivity contribution is -0.142. The number of carbonyl (C=O) groups is 1. The summed E-state index contributed by atoms with van der Waals surface area (Å²) in [4.78, 5) is 12.9. The highest BCUT2D eigenvalue weighted by atomic mass is 16.2. The molecule has 1 unspecified atom stereocenters. The van der Waals surface area contributed by atoms with Gasteiger partial charge in [0.1, 0.15) is 6.04 Å². The first-order chi connectivity index (χ1) is 6.66. The maximum atomic E-state index is 11.2. The highest BCUT2D eigenvalue weighted by molar-refractivity contribution is 5.87. The van der Waals surface area contributed by atoms with Crippen molar-refractivity contribution in [2.45, 2.75) is 12.5 Å². The zero-order valence-electron chi connectivity index (χ0n) is 8.18. The molecule has 1 aliphatic heterocycles. The Morgan fingerprint density at radius 3 is 3.00 bits per heavy atom. The Bertz CT molecular complexity index is 346. The van der Waals surface area contributed by atoms with Gasteiger partial charge in [0.25, 0.3) is 0 Å². The number of amides is 1. The first-order valence-corrected chi connectivity index (χ1v) is 4.68. The van der Waals surface area contributed by atoms with Gasteiger partial charge in [-0.1, -0.05) is 0 Å². The van der Waals surface area contributed by atoms with Crippen molar-refractivity contribution in [2.75, 3.05) is 13.1 Å². The van der Waals surface area contributed by atoms with Crippen LogP contribution < -0.4 is 5.73 Å². The quantitative estimate of drug-likeness (QED) is 0.636. The van der Waals surface area contributed by atoms with Crippen molar-refractivity contribution in [1.82, 2.24) is 14.7 Å². The monoisotopic (exact) mass is 194 g/mol. The van der Waals surface area contributed by atoms with Crippen LogP contribution in [-0.4, -0.2) is 39.7 Å². The molecule has 0 radical (unpaired) electrons. The van der Waals surface area contributed by atoms with Crippen LogP contribution in [0.4, 0.5) is 0 Å². The standard InChI is InChI=1S/C9H14N4O/c1-12-5-7(4-11-12)2-3-13-6-8(10)9(13)14/h4-5,8H,2-3,6,10H2,1H3. The average Bonchev–Trinajstić information content (AvgIpc) is 2.58. The van der Waals surface area contributed by atoms with Crippen LogP contribution in [0.15, 0.2) is 12.4 Å². The van der Waals surface area contributed by atoms with E-state index in [1.165, 1.54) is 0 Å². The second-order valence-electron chi connectivity index (χ2n) is 3.66. The number of aromatic nitrogens is 2. The number of hydrogen-bond donors (Lipinski definition) is 1. The van der Waals surface area contributed by atoms with E-state index in [0.29, 0.717) is 6.54 Å². The van der Waals surface area contributed by atoms with Gasteiger partial charge >= 0.3 is 0 Å². The molecule has 76 valence electrons. The molecule has 0 bridgehead atoms.